The van der Waals surface area contributed by atoms with Crippen LogP contribution in [0, 0.1) is 5.92 Å². The van der Waals surface area contributed by atoms with Crippen molar-refractivity contribution in [3.8, 4) is 5.69 Å². The predicted molar refractivity (Wildman–Crippen MR) is 107 cm³/mol. The van der Waals surface area contributed by atoms with E-state index in [-0.39, 0.29) is 4.90 Å². The average molecular weight is 413 g/mol. The number of furan rings is 1. The Morgan fingerprint density at radius 2 is 1.93 bits per heavy atom. The van der Waals surface area contributed by atoms with E-state index in [1.54, 1.807) is 36.9 Å². The number of nitrogens with one attached hydrogen (secondary N) is 1. The van der Waals surface area contributed by atoms with Gasteiger partial charge in [0.25, 0.3) is 0 Å². The van der Waals surface area contributed by atoms with Gasteiger partial charge in [0.1, 0.15) is 17.2 Å². The van der Waals surface area contributed by atoms with Gasteiger partial charge >= 0.3 is 5.97 Å². The average Bonchev–Trinajstić information content (AvgIpc) is 3.32. The van der Waals surface area contributed by atoms with Crippen LogP contribution in [0.5, 0.6) is 0 Å². The van der Waals surface area contributed by atoms with Crippen LogP contribution >= 0.6 is 0 Å². The van der Waals surface area contributed by atoms with Gasteiger partial charge < -0.3 is 9.52 Å². The number of aromatic nitrogens is 2. The molecule has 2 heterocycles. The molecule has 9 heteroatoms. The zero-order valence-corrected chi connectivity index (χ0v) is 16.6. The van der Waals surface area contributed by atoms with Crippen LogP contribution in [0.3, 0.4) is 0 Å². The lowest BCUT2D eigenvalue weighted by molar-refractivity contribution is -0.140. The van der Waals surface area contributed by atoms with Crippen molar-refractivity contribution >= 4 is 37.9 Å². The fourth-order valence-corrected chi connectivity index (χ4v) is 4.54. The van der Waals surface area contributed by atoms with Gasteiger partial charge in [-0.15, -0.1) is 0 Å². The predicted octanol–water partition coefficient (Wildman–Crippen LogP) is 3.16. The molecule has 2 aromatic heterocycles. The van der Waals surface area contributed by atoms with Crippen molar-refractivity contribution in [2.75, 3.05) is 0 Å². The zero-order valence-electron chi connectivity index (χ0n) is 15.7. The minimum absolute atomic E-state index is 0.0525. The van der Waals surface area contributed by atoms with Gasteiger partial charge in [0, 0.05) is 29.2 Å². The topological polar surface area (TPSA) is 114 Å². The second kappa shape index (κ2) is 7.02. The monoisotopic (exact) mass is 413 g/mol. The summed E-state index contributed by atoms with van der Waals surface area (Å²) in [7, 11) is -4.03. The maximum absolute atomic E-state index is 12.7. The van der Waals surface area contributed by atoms with Gasteiger partial charge in [-0.2, -0.15) is 9.82 Å². The second-order valence-electron chi connectivity index (χ2n) is 7.07. The minimum atomic E-state index is -4.03. The Balaban J connectivity index is 1.76. The van der Waals surface area contributed by atoms with Gasteiger partial charge in [0.15, 0.2) is 0 Å². The number of carbonyl (C=O) groups is 1. The van der Waals surface area contributed by atoms with Crippen LogP contribution in [0.2, 0.25) is 0 Å². The molecule has 0 aliphatic carbocycles. The van der Waals surface area contributed by atoms with Gasteiger partial charge in [-0.1, -0.05) is 13.8 Å². The van der Waals surface area contributed by atoms with E-state index in [0.717, 1.165) is 16.5 Å². The number of nitrogens with zero attached hydrogens (tertiary/aromatic N) is 2. The van der Waals surface area contributed by atoms with E-state index in [2.05, 4.69) is 9.82 Å². The molecule has 0 bridgehead atoms. The van der Waals surface area contributed by atoms with Crippen LogP contribution in [0.4, 0.5) is 0 Å². The zero-order chi connectivity index (χ0) is 20.8. The largest absolute Gasteiger partial charge is 0.480 e. The Labute approximate surface area is 166 Å². The van der Waals surface area contributed by atoms with E-state index in [0.29, 0.717) is 11.2 Å². The van der Waals surface area contributed by atoms with Gasteiger partial charge in [-0.3, -0.25) is 4.79 Å². The number of hydrogen-bond acceptors (Lipinski definition) is 5. The second-order valence-corrected chi connectivity index (χ2v) is 8.79. The van der Waals surface area contributed by atoms with Crippen LogP contribution in [-0.2, 0) is 14.8 Å². The molecule has 4 rings (SSSR count). The fourth-order valence-electron chi connectivity index (χ4n) is 3.18. The summed E-state index contributed by atoms with van der Waals surface area (Å²) in [5, 5.41) is 15.1. The summed E-state index contributed by atoms with van der Waals surface area (Å²) in [5.41, 5.74) is 1.87. The van der Waals surface area contributed by atoms with Gasteiger partial charge in [-0.25, -0.2) is 13.1 Å². The SMILES string of the molecule is CC(C)[C@H](NS(=O)(=O)c1ccc2c(c1)oc1ccc(-n3cccn3)cc12)C(=O)O. The number of aliphatic carboxylic acids is 1. The molecule has 0 unspecified atom stereocenters. The third kappa shape index (κ3) is 3.50. The quantitative estimate of drug-likeness (QED) is 0.502. The first kappa shape index (κ1) is 19.2. The molecule has 29 heavy (non-hydrogen) atoms. The van der Waals surface area contributed by atoms with Crippen molar-refractivity contribution in [3.63, 3.8) is 0 Å². The molecule has 0 saturated carbocycles. The number of fused-ring (bicyclic) bond motifs is 3. The lowest BCUT2D eigenvalue weighted by Gasteiger charge is -2.17. The number of rotatable bonds is 6. The molecule has 0 fully saturated rings. The van der Waals surface area contributed by atoms with Crippen molar-refractivity contribution in [1.82, 2.24) is 14.5 Å². The smallest absolute Gasteiger partial charge is 0.322 e. The molecule has 0 amide bonds. The van der Waals surface area contributed by atoms with Crippen LogP contribution in [0.1, 0.15) is 13.8 Å². The molecule has 2 aromatic carbocycles. The number of carboxylic acids is 1. The lowest BCUT2D eigenvalue weighted by Crippen LogP contribution is -2.44. The Hall–Kier alpha value is -3.17. The third-order valence-electron chi connectivity index (χ3n) is 4.72. The maximum Gasteiger partial charge on any atom is 0.322 e. The molecular formula is C20H19N3O5S. The Morgan fingerprint density at radius 1 is 1.14 bits per heavy atom. The molecule has 0 saturated heterocycles. The van der Waals surface area contributed by atoms with Crippen LogP contribution in [0.25, 0.3) is 27.6 Å². The lowest BCUT2D eigenvalue weighted by atomic mass is 10.1. The molecule has 1 atom stereocenters. The molecule has 150 valence electrons. The van der Waals surface area contributed by atoms with Gasteiger partial charge in [0.2, 0.25) is 10.0 Å². The molecule has 2 N–H and O–H groups in total. The summed E-state index contributed by atoms with van der Waals surface area (Å²) >= 11 is 0. The van der Waals surface area contributed by atoms with Crippen molar-refractivity contribution in [3.05, 3.63) is 54.9 Å². The maximum atomic E-state index is 12.7. The summed E-state index contributed by atoms with van der Waals surface area (Å²) in [6, 6.07) is 10.7. The van der Waals surface area contributed by atoms with Crippen molar-refractivity contribution in [2.45, 2.75) is 24.8 Å². The first-order chi connectivity index (χ1) is 13.8. The molecule has 0 aliphatic rings. The summed E-state index contributed by atoms with van der Waals surface area (Å²) in [6.45, 7) is 3.28. The number of benzene rings is 2. The molecule has 0 spiro atoms. The summed E-state index contributed by atoms with van der Waals surface area (Å²) in [5.74, 6) is -1.63. The normalized spacial score (nSPS) is 13.3. The van der Waals surface area contributed by atoms with Crippen LogP contribution < -0.4 is 4.72 Å². The van der Waals surface area contributed by atoms with E-state index in [9.17, 15) is 18.3 Å². The fraction of sp³-hybridized carbons (Fsp3) is 0.200. The molecular weight excluding hydrogens is 394 g/mol. The van der Waals surface area contributed by atoms with Crippen LogP contribution in [-0.4, -0.2) is 35.3 Å². The van der Waals surface area contributed by atoms with E-state index < -0.39 is 28.0 Å². The number of sulfonamides is 1. The van der Waals surface area contributed by atoms with Gasteiger partial charge in [-0.05, 0) is 42.3 Å². The molecule has 0 aliphatic heterocycles. The number of carboxylic acid groups (broad SMARTS) is 1. The third-order valence-corrected chi connectivity index (χ3v) is 6.16. The summed E-state index contributed by atoms with van der Waals surface area (Å²) < 4.78 is 35.2. The Bertz CT molecular complexity index is 1310. The Kier molecular flexibility index (Phi) is 4.64. The number of hydrogen-bond donors (Lipinski definition) is 2. The highest BCUT2D eigenvalue weighted by Gasteiger charge is 2.28. The van der Waals surface area contributed by atoms with E-state index >= 15 is 0 Å². The summed E-state index contributed by atoms with van der Waals surface area (Å²) in [4.78, 5) is 11.3. The highest BCUT2D eigenvalue weighted by atomic mass is 32.2. The van der Waals surface area contributed by atoms with Crippen molar-refractivity contribution in [1.29, 1.82) is 0 Å². The highest BCUT2D eigenvalue weighted by molar-refractivity contribution is 7.89. The van der Waals surface area contributed by atoms with Gasteiger partial charge in [0.05, 0.1) is 10.6 Å². The molecule has 4 aromatic rings. The first-order valence-electron chi connectivity index (χ1n) is 8.98. The van der Waals surface area contributed by atoms with E-state index in [1.807, 2.05) is 24.4 Å². The molecule has 8 nitrogen and oxygen atoms in total. The first-order valence-corrected chi connectivity index (χ1v) is 10.5. The standard InChI is InChI=1S/C20H19N3O5S/c1-12(2)19(20(24)25)22-29(26,27)14-5-6-15-16-10-13(23-9-3-8-21-23)4-7-17(16)28-18(15)11-14/h3-12,19,22H,1-2H3,(H,24,25)/t19-/m0/s1. The Morgan fingerprint density at radius 3 is 2.59 bits per heavy atom. The highest BCUT2D eigenvalue weighted by Crippen LogP contribution is 2.31. The van der Waals surface area contributed by atoms with Crippen molar-refractivity contribution in [2.24, 2.45) is 5.92 Å². The van der Waals surface area contributed by atoms with E-state index in [4.69, 9.17) is 4.42 Å². The van der Waals surface area contributed by atoms with Crippen molar-refractivity contribution < 1.29 is 22.7 Å². The van der Waals surface area contributed by atoms with E-state index in [1.165, 1.54) is 12.1 Å². The van der Waals surface area contributed by atoms with Crippen LogP contribution in [0.15, 0.2) is 64.2 Å². The molecule has 0 radical (unpaired) electrons. The minimum Gasteiger partial charge on any atom is -0.480 e. The summed E-state index contributed by atoms with van der Waals surface area (Å²) in [6.07, 6.45) is 3.51.